The molecule has 1 aliphatic carbocycles. The number of benzene rings is 2. The second-order valence-corrected chi connectivity index (χ2v) is 7.94. The number of nitrogens with zero attached hydrogens (tertiary/aromatic N) is 1. The maximum Gasteiger partial charge on any atom is 0.254 e. The molecule has 1 heterocycles. The highest BCUT2D eigenvalue weighted by molar-refractivity contribution is 5.97. The Labute approximate surface area is 182 Å². The molecule has 1 aromatic heterocycles. The number of aliphatic hydroxyl groups is 1. The maximum absolute atomic E-state index is 13.3. The van der Waals surface area contributed by atoms with Crippen LogP contribution in [0.3, 0.4) is 0 Å². The average molecular weight is 440 g/mol. The monoisotopic (exact) mass is 440 g/mol. The molecule has 32 heavy (non-hydrogen) atoms. The number of hydrogen-bond donors (Lipinski definition) is 4. The predicted molar refractivity (Wildman–Crippen MR) is 113 cm³/mol. The SMILES string of the molecule is CC(NC(=O)C(O)c1cc(F)cc(F)c1)C(=O)Nc1cc(C2(c3ccccc3)CC2)[nH]n1. The second-order valence-electron chi connectivity index (χ2n) is 7.94. The van der Waals surface area contributed by atoms with Gasteiger partial charge in [-0.1, -0.05) is 30.3 Å². The van der Waals surface area contributed by atoms with Crippen molar-refractivity contribution in [1.82, 2.24) is 15.5 Å². The third-order valence-corrected chi connectivity index (χ3v) is 5.62. The molecule has 9 heteroatoms. The van der Waals surface area contributed by atoms with E-state index in [1.807, 2.05) is 18.2 Å². The van der Waals surface area contributed by atoms with Crippen LogP contribution in [0, 0.1) is 11.6 Å². The Kier molecular flexibility index (Phi) is 5.75. The van der Waals surface area contributed by atoms with Crippen molar-refractivity contribution in [3.63, 3.8) is 0 Å². The van der Waals surface area contributed by atoms with Gasteiger partial charge in [-0.3, -0.25) is 14.7 Å². The number of amides is 2. The van der Waals surface area contributed by atoms with Gasteiger partial charge in [-0.15, -0.1) is 0 Å². The van der Waals surface area contributed by atoms with E-state index in [4.69, 9.17) is 0 Å². The maximum atomic E-state index is 13.3. The van der Waals surface area contributed by atoms with Gasteiger partial charge in [0.25, 0.3) is 5.91 Å². The fourth-order valence-corrected chi connectivity index (χ4v) is 3.70. The third kappa shape index (κ3) is 4.38. The van der Waals surface area contributed by atoms with Crippen molar-refractivity contribution in [2.75, 3.05) is 5.32 Å². The van der Waals surface area contributed by atoms with Crippen LogP contribution in [0.2, 0.25) is 0 Å². The molecule has 2 aromatic carbocycles. The van der Waals surface area contributed by atoms with Crippen molar-refractivity contribution in [2.45, 2.75) is 37.3 Å². The molecule has 0 spiro atoms. The molecule has 0 aliphatic heterocycles. The molecule has 4 rings (SSSR count). The minimum Gasteiger partial charge on any atom is -0.378 e. The number of carbonyl (C=O) groups excluding carboxylic acids is 2. The van der Waals surface area contributed by atoms with Crippen molar-refractivity contribution in [1.29, 1.82) is 0 Å². The quantitative estimate of drug-likeness (QED) is 0.453. The van der Waals surface area contributed by atoms with Gasteiger partial charge in [0.15, 0.2) is 11.9 Å². The number of rotatable bonds is 7. The Balaban J connectivity index is 1.38. The Hall–Kier alpha value is -3.59. The van der Waals surface area contributed by atoms with E-state index in [0.29, 0.717) is 11.9 Å². The molecular formula is C23H22F2N4O3. The molecule has 0 radical (unpaired) electrons. The van der Waals surface area contributed by atoms with Gasteiger partial charge in [0.1, 0.15) is 17.7 Å². The van der Waals surface area contributed by atoms with Crippen molar-refractivity contribution in [3.8, 4) is 0 Å². The Morgan fingerprint density at radius 3 is 2.34 bits per heavy atom. The van der Waals surface area contributed by atoms with Crippen LogP contribution in [-0.4, -0.2) is 33.2 Å². The van der Waals surface area contributed by atoms with Crippen LogP contribution in [0.4, 0.5) is 14.6 Å². The van der Waals surface area contributed by atoms with Gasteiger partial charge in [-0.25, -0.2) is 8.78 Å². The molecule has 166 valence electrons. The number of aliphatic hydroxyl groups excluding tert-OH is 1. The number of anilines is 1. The summed E-state index contributed by atoms with van der Waals surface area (Å²) in [6, 6.07) is 13.1. The summed E-state index contributed by atoms with van der Waals surface area (Å²) in [5.74, 6) is -3.05. The van der Waals surface area contributed by atoms with E-state index >= 15 is 0 Å². The van der Waals surface area contributed by atoms with E-state index in [1.54, 1.807) is 6.07 Å². The summed E-state index contributed by atoms with van der Waals surface area (Å²) in [4.78, 5) is 24.7. The first-order valence-corrected chi connectivity index (χ1v) is 10.2. The van der Waals surface area contributed by atoms with E-state index in [2.05, 4.69) is 33.0 Å². The van der Waals surface area contributed by atoms with Crippen molar-refractivity contribution < 1.29 is 23.5 Å². The number of aromatic nitrogens is 2. The summed E-state index contributed by atoms with van der Waals surface area (Å²) in [5, 5.41) is 22.1. The van der Waals surface area contributed by atoms with Crippen LogP contribution in [0.5, 0.6) is 0 Å². The van der Waals surface area contributed by atoms with Crippen LogP contribution in [0.25, 0.3) is 0 Å². The zero-order valence-corrected chi connectivity index (χ0v) is 17.2. The summed E-state index contributed by atoms with van der Waals surface area (Å²) >= 11 is 0. The fourth-order valence-electron chi connectivity index (χ4n) is 3.70. The first kappa shape index (κ1) is 21.6. The van der Waals surface area contributed by atoms with Crippen molar-refractivity contribution >= 4 is 17.6 Å². The number of aromatic amines is 1. The summed E-state index contributed by atoms with van der Waals surface area (Å²) < 4.78 is 26.7. The predicted octanol–water partition coefficient (Wildman–Crippen LogP) is 2.94. The number of H-pyrrole nitrogens is 1. The highest BCUT2D eigenvalue weighted by atomic mass is 19.1. The van der Waals surface area contributed by atoms with Crippen molar-refractivity contribution in [2.24, 2.45) is 0 Å². The molecule has 2 atom stereocenters. The first-order valence-electron chi connectivity index (χ1n) is 10.2. The van der Waals surface area contributed by atoms with Gasteiger partial charge in [-0.2, -0.15) is 5.10 Å². The van der Waals surface area contributed by atoms with Gasteiger partial charge < -0.3 is 15.7 Å². The van der Waals surface area contributed by atoms with Crippen LogP contribution in [0.1, 0.15) is 42.7 Å². The summed E-state index contributed by atoms with van der Waals surface area (Å²) in [6.07, 6.45) is 0.114. The van der Waals surface area contributed by atoms with Gasteiger partial charge in [-0.05, 0) is 43.0 Å². The highest BCUT2D eigenvalue weighted by Crippen LogP contribution is 2.53. The van der Waals surface area contributed by atoms with Crippen LogP contribution in [-0.2, 0) is 15.0 Å². The minimum absolute atomic E-state index is 0.137. The largest absolute Gasteiger partial charge is 0.378 e. The van der Waals surface area contributed by atoms with E-state index in [9.17, 15) is 23.5 Å². The van der Waals surface area contributed by atoms with Crippen LogP contribution in [0.15, 0.2) is 54.6 Å². The summed E-state index contributed by atoms with van der Waals surface area (Å²) in [6.45, 7) is 1.42. The lowest BCUT2D eigenvalue weighted by molar-refractivity contribution is -0.132. The Bertz CT molecular complexity index is 1120. The summed E-state index contributed by atoms with van der Waals surface area (Å²) in [7, 11) is 0. The molecule has 2 unspecified atom stereocenters. The fraction of sp³-hybridized carbons (Fsp3) is 0.261. The Morgan fingerprint density at radius 2 is 1.72 bits per heavy atom. The first-order chi connectivity index (χ1) is 15.3. The molecule has 2 amide bonds. The average Bonchev–Trinajstić information content (AvgIpc) is 3.45. The lowest BCUT2D eigenvalue weighted by Gasteiger charge is -2.16. The lowest BCUT2D eigenvalue weighted by atomic mass is 9.92. The normalized spacial score (nSPS) is 16.1. The van der Waals surface area contributed by atoms with E-state index in [0.717, 1.165) is 30.7 Å². The summed E-state index contributed by atoms with van der Waals surface area (Å²) in [5.41, 5.74) is 1.67. The van der Waals surface area contributed by atoms with E-state index in [-0.39, 0.29) is 11.0 Å². The van der Waals surface area contributed by atoms with Gasteiger partial charge in [0.05, 0.1) is 0 Å². The molecule has 1 fully saturated rings. The molecule has 4 N–H and O–H groups in total. The van der Waals surface area contributed by atoms with Crippen LogP contribution >= 0.6 is 0 Å². The van der Waals surface area contributed by atoms with E-state index < -0.39 is 35.6 Å². The molecule has 1 aliphatic rings. The van der Waals surface area contributed by atoms with E-state index in [1.165, 1.54) is 12.5 Å². The molecule has 7 nitrogen and oxygen atoms in total. The van der Waals surface area contributed by atoms with Gasteiger partial charge in [0.2, 0.25) is 5.91 Å². The number of carbonyl (C=O) groups is 2. The molecule has 0 bridgehead atoms. The molecule has 3 aromatic rings. The zero-order valence-electron chi connectivity index (χ0n) is 17.2. The number of halogens is 2. The smallest absolute Gasteiger partial charge is 0.254 e. The molecule has 1 saturated carbocycles. The van der Waals surface area contributed by atoms with Gasteiger partial charge in [0, 0.05) is 23.2 Å². The van der Waals surface area contributed by atoms with Gasteiger partial charge >= 0.3 is 0 Å². The van der Waals surface area contributed by atoms with Crippen LogP contribution < -0.4 is 10.6 Å². The van der Waals surface area contributed by atoms with Crippen molar-refractivity contribution in [3.05, 3.63) is 83.1 Å². The lowest BCUT2D eigenvalue weighted by Crippen LogP contribution is -2.43. The number of hydrogen-bond acceptors (Lipinski definition) is 4. The minimum atomic E-state index is -1.83. The topological polar surface area (TPSA) is 107 Å². The Morgan fingerprint density at radius 1 is 1.06 bits per heavy atom. The molecular weight excluding hydrogens is 418 g/mol. The standard InChI is InChI=1S/C23H22F2N4O3/c1-13(26-22(32)20(30)14-9-16(24)11-17(25)10-14)21(31)27-19-12-18(28-29-19)23(7-8-23)15-5-3-2-4-6-15/h2-6,9-13,20,30H,7-8H2,1H3,(H,26,32)(H2,27,28,29,31). The molecule has 0 saturated heterocycles. The highest BCUT2D eigenvalue weighted by Gasteiger charge is 2.47. The second kappa shape index (κ2) is 8.51. The zero-order chi connectivity index (χ0) is 22.9. The number of nitrogens with one attached hydrogen (secondary N) is 3. The third-order valence-electron chi connectivity index (χ3n) is 5.62.